The summed E-state index contributed by atoms with van der Waals surface area (Å²) in [6, 6.07) is 8.06. The molecule has 1 heterocycles. The van der Waals surface area contributed by atoms with E-state index in [1.165, 1.54) is 0 Å². The molecular formula is C16H21BrN2O2. The summed E-state index contributed by atoms with van der Waals surface area (Å²) < 4.78 is 1.04. The predicted molar refractivity (Wildman–Crippen MR) is 85.9 cm³/mol. The summed E-state index contributed by atoms with van der Waals surface area (Å²) in [7, 11) is 0. The zero-order chi connectivity index (χ0) is 15.2. The fourth-order valence-electron chi connectivity index (χ4n) is 2.58. The lowest BCUT2D eigenvalue weighted by Gasteiger charge is -2.21. The Labute approximate surface area is 134 Å². The molecule has 4 nitrogen and oxygen atoms in total. The highest BCUT2D eigenvalue weighted by Crippen LogP contribution is 2.14. The number of carbonyl (C=O) groups is 2. The number of halogens is 1. The number of hydrogen-bond acceptors (Lipinski definition) is 2. The fourth-order valence-corrected chi connectivity index (χ4v) is 3.03. The van der Waals surface area contributed by atoms with Crippen molar-refractivity contribution >= 4 is 27.7 Å². The van der Waals surface area contributed by atoms with Crippen LogP contribution in [0.4, 0.5) is 0 Å². The Morgan fingerprint density at radius 2 is 1.86 bits per heavy atom. The maximum absolute atomic E-state index is 12.3. The highest BCUT2D eigenvalue weighted by atomic mass is 79.9. The van der Waals surface area contributed by atoms with E-state index in [0.717, 1.165) is 36.0 Å². The molecule has 1 aliphatic heterocycles. The Hall–Kier alpha value is -1.36. The molecule has 0 spiro atoms. The number of nitrogens with zero attached hydrogens (tertiary/aromatic N) is 2. The number of amides is 2. The first kappa shape index (κ1) is 16.0. The van der Waals surface area contributed by atoms with E-state index in [1.54, 1.807) is 6.92 Å². The van der Waals surface area contributed by atoms with Gasteiger partial charge in [-0.05, 0) is 30.5 Å². The minimum absolute atomic E-state index is 0.0958. The van der Waals surface area contributed by atoms with Crippen molar-refractivity contribution in [3.05, 3.63) is 34.3 Å². The van der Waals surface area contributed by atoms with Crippen molar-refractivity contribution in [2.45, 2.75) is 26.2 Å². The topological polar surface area (TPSA) is 40.6 Å². The SMILES string of the molecule is CC(=O)N1CCCN(C(=O)CCc2cccc(Br)c2)CC1. The minimum Gasteiger partial charge on any atom is -0.341 e. The van der Waals surface area contributed by atoms with Gasteiger partial charge in [-0.1, -0.05) is 28.1 Å². The van der Waals surface area contributed by atoms with Gasteiger partial charge in [0, 0.05) is 44.0 Å². The first-order valence-corrected chi connectivity index (χ1v) is 8.13. The number of benzene rings is 1. The quantitative estimate of drug-likeness (QED) is 0.838. The summed E-state index contributed by atoms with van der Waals surface area (Å²) in [6.45, 7) is 4.39. The predicted octanol–water partition coefficient (Wildman–Crippen LogP) is 2.46. The molecule has 1 fully saturated rings. The third-order valence-electron chi connectivity index (χ3n) is 3.81. The van der Waals surface area contributed by atoms with Crippen molar-refractivity contribution in [3.8, 4) is 0 Å². The van der Waals surface area contributed by atoms with Gasteiger partial charge in [-0.2, -0.15) is 0 Å². The minimum atomic E-state index is 0.0958. The van der Waals surface area contributed by atoms with Crippen molar-refractivity contribution < 1.29 is 9.59 Å². The number of hydrogen-bond donors (Lipinski definition) is 0. The summed E-state index contributed by atoms with van der Waals surface area (Å²) in [4.78, 5) is 27.4. The highest BCUT2D eigenvalue weighted by molar-refractivity contribution is 9.10. The second-order valence-corrected chi connectivity index (χ2v) is 6.29. The Morgan fingerprint density at radius 1 is 1.14 bits per heavy atom. The Balaban J connectivity index is 1.84. The van der Waals surface area contributed by atoms with Crippen LogP contribution in [0, 0.1) is 0 Å². The lowest BCUT2D eigenvalue weighted by Crippen LogP contribution is -2.36. The molecule has 0 saturated carbocycles. The van der Waals surface area contributed by atoms with Crippen molar-refractivity contribution in [2.75, 3.05) is 26.2 Å². The summed E-state index contributed by atoms with van der Waals surface area (Å²) in [5.74, 6) is 0.277. The summed E-state index contributed by atoms with van der Waals surface area (Å²) in [5.41, 5.74) is 1.16. The van der Waals surface area contributed by atoms with Gasteiger partial charge in [-0.3, -0.25) is 9.59 Å². The zero-order valence-corrected chi connectivity index (χ0v) is 13.9. The molecule has 0 aromatic heterocycles. The summed E-state index contributed by atoms with van der Waals surface area (Å²) in [5, 5.41) is 0. The average Bonchev–Trinajstić information content (AvgIpc) is 2.71. The second kappa shape index (κ2) is 7.59. The Kier molecular flexibility index (Phi) is 5.79. The molecule has 1 aliphatic rings. The zero-order valence-electron chi connectivity index (χ0n) is 12.3. The average molecular weight is 353 g/mol. The molecule has 5 heteroatoms. The van der Waals surface area contributed by atoms with E-state index in [-0.39, 0.29) is 11.8 Å². The molecule has 2 amide bonds. The van der Waals surface area contributed by atoms with E-state index >= 15 is 0 Å². The van der Waals surface area contributed by atoms with Crippen LogP contribution < -0.4 is 0 Å². The van der Waals surface area contributed by atoms with Crippen LogP contribution in [0.1, 0.15) is 25.3 Å². The van der Waals surface area contributed by atoms with E-state index in [2.05, 4.69) is 15.9 Å². The molecule has 1 aromatic rings. The molecule has 114 valence electrons. The summed E-state index contributed by atoms with van der Waals surface area (Å²) in [6.07, 6.45) is 2.14. The lowest BCUT2D eigenvalue weighted by atomic mass is 10.1. The maximum atomic E-state index is 12.3. The van der Waals surface area contributed by atoms with Gasteiger partial charge >= 0.3 is 0 Å². The molecule has 21 heavy (non-hydrogen) atoms. The standard InChI is InChI=1S/C16H21BrN2O2/c1-13(20)18-8-3-9-19(11-10-18)16(21)7-6-14-4-2-5-15(17)12-14/h2,4-5,12H,3,6-11H2,1H3. The van der Waals surface area contributed by atoms with Gasteiger partial charge in [0.1, 0.15) is 0 Å². The van der Waals surface area contributed by atoms with E-state index < -0.39 is 0 Å². The Morgan fingerprint density at radius 3 is 2.57 bits per heavy atom. The van der Waals surface area contributed by atoms with Crippen molar-refractivity contribution in [3.63, 3.8) is 0 Å². The lowest BCUT2D eigenvalue weighted by molar-refractivity contribution is -0.132. The van der Waals surface area contributed by atoms with Gasteiger partial charge in [0.15, 0.2) is 0 Å². The number of aryl methyl sites for hydroxylation is 1. The molecule has 0 bridgehead atoms. The smallest absolute Gasteiger partial charge is 0.222 e. The van der Waals surface area contributed by atoms with Gasteiger partial charge in [0.25, 0.3) is 0 Å². The molecular weight excluding hydrogens is 332 g/mol. The van der Waals surface area contributed by atoms with Crippen LogP contribution in [0.5, 0.6) is 0 Å². The maximum Gasteiger partial charge on any atom is 0.222 e. The van der Waals surface area contributed by atoms with E-state index in [9.17, 15) is 9.59 Å². The number of rotatable bonds is 3. The molecule has 0 N–H and O–H groups in total. The number of carbonyl (C=O) groups excluding carboxylic acids is 2. The first-order valence-electron chi connectivity index (χ1n) is 7.34. The van der Waals surface area contributed by atoms with Crippen molar-refractivity contribution in [1.29, 1.82) is 0 Å². The van der Waals surface area contributed by atoms with Crippen LogP contribution >= 0.6 is 15.9 Å². The van der Waals surface area contributed by atoms with E-state index in [0.29, 0.717) is 19.5 Å². The molecule has 0 atom stereocenters. The van der Waals surface area contributed by atoms with Gasteiger partial charge in [0.05, 0.1) is 0 Å². The van der Waals surface area contributed by atoms with Gasteiger partial charge in [-0.25, -0.2) is 0 Å². The van der Waals surface area contributed by atoms with Gasteiger partial charge < -0.3 is 9.80 Å². The van der Waals surface area contributed by atoms with Gasteiger partial charge in [-0.15, -0.1) is 0 Å². The second-order valence-electron chi connectivity index (χ2n) is 5.37. The largest absolute Gasteiger partial charge is 0.341 e. The van der Waals surface area contributed by atoms with E-state index in [4.69, 9.17) is 0 Å². The summed E-state index contributed by atoms with van der Waals surface area (Å²) >= 11 is 3.44. The van der Waals surface area contributed by atoms with Crippen LogP contribution in [0.15, 0.2) is 28.7 Å². The monoisotopic (exact) mass is 352 g/mol. The van der Waals surface area contributed by atoms with Crippen molar-refractivity contribution in [1.82, 2.24) is 9.80 Å². The molecule has 0 aliphatic carbocycles. The molecule has 1 aromatic carbocycles. The van der Waals surface area contributed by atoms with Crippen LogP contribution in [0.2, 0.25) is 0 Å². The highest BCUT2D eigenvalue weighted by Gasteiger charge is 2.19. The molecule has 1 saturated heterocycles. The van der Waals surface area contributed by atoms with Crippen LogP contribution in [-0.2, 0) is 16.0 Å². The van der Waals surface area contributed by atoms with Crippen molar-refractivity contribution in [2.24, 2.45) is 0 Å². The van der Waals surface area contributed by atoms with E-state index in [1.807, 2.05) is 34.1 Å². The van der Waals surface area contributed by atoms with Crippen LogP contribution in [0.25, 0.3) is 0 Å². The Bertz CT molecular complexity index is 519. The first-order chi connectivity index (χ1) is 10.1. The molecule has 2 rings (SSSR count). The van der Waals surface area contributed by atoms with Gasteiger partial charge in [0.2, 0.25) is 11.8 Å². The third kappa shape index (κ3) is 4.84. The normalized spacial score (nSPS) is 15.7. The van der Waals surface area contributed by atoms with Crippen LogP contribution in [0.3, 0.4) is 0 Å². The van der Waals surface area contributed by atoms with Crippen LogP contribution in [-0.4, -0.2) is 47.8 Å². The molecule has 0 unspecified atom stereocenters. The third-order valence-corrected chi connectivity index (χ3v) is 4.30. The molecule has 0 radical (unpaired) electrons. The fraction of sp³-hybridized carbons (Fsp3) is 0.500.